The van der Waals surface area contributed by atoms with E-state index in [1.165, 1.54) is 22.5 Å². The molecule has 0 aromatic heterocycles. The molecular formula is C21H25ClN2O4S. The van der Waals surface area contributed by atoms with Gasteiger partial charge in [-0.2, -0.15) is 4.31 Å². The molecule has 0 bridgehead atoms. The standard InChI is InChI=1S/C21H25ClN2O4S/c1-3-28-17-8-6-16(7-9-17)15(2)23-21(25)19-14-18(10-11-20(19)22)29(26,27)24-12-4-5-13-24/h6-11,14-15H,3-5,12-13H2,1-2H3,(H,23,25)/t15-/m1/s1. The van der Waals surface area contributed by atoms with Gasteiger partial charge in [-0.25, -0.2) is 8.42 Å². The van der Waals surface area contributed by atoms with E-state index in [0.29, 0.717) is 19.7 Å². The number of nitrogens with one attached hydrogen (secondary N) is 1. The lowest BCUT2D eigenvalue weighted by atomic mass is 10.1. The number of hydrogen-bond donors (Lipinski definition) is 1. The molecule has 1 heterocycles. The predicted octanol–water partition coefficient (Wildman–Crippen LogP) is 4.01. The number of halogens is 1. The van der Waals surface area contributed by atoms with Gasteiger partial charge < -0.3 is 10.1 Å². The fourth-order valence-corrected chi connectivity index (χ4v) is 5.04. The molecule has 3 rings (SSSR count). The average molecular weight is 437 g/mol. The SMILES string of the molecule is CCOc1ccc([C@@H](C)NC(=O)c2cc(S(=O)(=O)N3CCCC3)ccc2Cl)cc1. The maximum absolute atomic E-state index is 12.8. The number of hydrogen-bond acceptors (Lipinski definition) is 4. The highest BCUT2D eigenvalue weighted by Crippen LogP contribution is 2.26. The summed E-state index contributed by atoms with van der Waals surface area (Å²) in [6.45, 7) is 5.36. The molecule has 0 saturated carbocycles. The fraction of sp³-hybridized carbons (Fsp3) is 0.381. The van der Waals surface area contributed by atoms with Gasteiger partial charge >= 0.3 is 0 Å². The minimum Gasteiger partial charge on any atom is -0.494 e. The van der Waals surface area contributed by atoms with Crippen LogP contribution in [0.5, 0.6) is 5.75 Å². The Morgan fingerprint density at radius 1 is 1.17 bits per heavy atom. The van der Waals surface area contributed by atoms with Crippen molar-refractivity contribution in [2.75, 3.05) is 19.7 Å². The third-order valence-electron chi connectivity index (χ3n) is 4.92. The molecule has 2 aromatic rings. The second-order valence-electron chi connectivity index (χ2n) is 6.95. The zero-order chi connectivity index (χ0) is 21.0. The van der Waals surface area contributed by atoms with Crippen molar-refractivity contribution in [1.82, 2.24) is 9.62 Å². The van der Waals surface area contributed by atoms with Gasteiger partial charge in [-0.3, -0.25) is 4.79 Å². The number of ether oxygens (including phenoxy) is 1. The van der Waals surface area contributed by atoms with E-state index in [1.54, 1.807) is 0 Å². The smallest absolute Gasteiger partial charge is 0.253 e. The molecule has 6 nitrogen and oxygen atoms in total. The summed E-state index contributed by atoms with van der Waals surface area (Å²) in [5, 5.41) is 3.09. The molecule has 0 aliphatic carbocycles. The molecule has 2 aromatic carbocycles. The maximum Gasteiger partial charge on any atom is 0.253 e. The molecule has 1 amide bonds. The molecule has 1 fully saturated rings. The summed E-state index contributed by atoms with van der Waals surface area (Å²) >= 11 is 6.20. The number of carbonyl (C=O) groups excluding carboxylic acids is 1. The second-order valence-corrected chi connectivity index (χ2v) is 9.30. The molecule has 1 N–H and O–H groups in total. The van der Waals surface area contributed by atoms with Crippen LogP contribution in [0.2, 0.25) is 5.02 Å². The summed E-state index contributed by atoms with van der Waals surface area (Å²) in [5.41, 5.74) is 1.04. The molecule has 0 unspecified atom stereocenters. The van der Waals surface area contributed by atoms with Crippen molar-refractivity contribution in [3.05, 3.63) is 58.6 Å². The number of sulfonamides is 1. The van der Waals surface area contributed by atoms with Crippen LogP contribution in [0.1, 0.15) is 48.7 Å². The van der Waals surface area contributed by atoms with Gasteiger partial charge in [0.2, 0.25) is 10.0 Å². The number of amides is 1. The van der Waals surface area contributed by atoms with Crippen LogP contribution < -0.4 is 10.1 Å². The molecule has 0 spiro atoms. The first-order chi connectivity index (χ1) is 13.8. The zero-order valence-electron chi connectivity index (χ0n) is 16.5. The van der Waals surface area contributed by atoms with Crippen LogP contribution in [0.4, 0.5) is 0 Å². The molecule has 8 heteroatoms. The third-order valence-corrected chi connectivity index (χ3v) is 7.15. The quantitative estimate of drug-likeness (QED) is 0.711. The Labute approximate surface area is 176 Å². The number of rotatable bonds is 7. The monoisotopic (exact) mass is 436 g/mol. The van der Waals surface area contributed by atoms with Crippen molar-refractivity contribution < 1.29 is 17.9 Å². The summed E-state index contributed by atoms with van der Waals surface area (Å²) in [4.78, 5) is 12.9. The van der Waals surface area contributed by atoms with Gasteiger partial charge in [0.1, 0.15) is 5.75 Å². The first-order valence-electron chi connectivity index (χ1n) is 9.66. The predicted molar refractivity (Wildman–Crippen MR) is 113 cm³/mol. The van der Waals surface area contributed by atoms with E-state index in [2.05, 4.69) is 5.32 Å². The van der Waals surface area contributed by atoms with Crippen molar-refractivity contribution in [2.45, 2.75) is 37.6 Å². The van der Waals surface area contributed by atoms with E-state index in [1.807, 2.05) is 38.1 Å². The second kappa shape index (κ2) is 9.15. The van der Waals surface area contributed by atoms with E-state index in [0.717, 1.165) is 24.2 Å². The largest absolute Gasteiger partial charge is 0.494 e. The van der Waals surface area contributed by atoms with E-state index in [4.69, 9.17) is 16.3 Å². The van der Waals surface area contributed by atoms with Gasteiger partial charge in [0.05, 0.1) is 28.1 Å². The van der Waals surface area contributed by atoms with Gasteiger partial charge in [-0.15, -0.1) is 0 Å². The summed E-state index contributed by atoms with van der Waals surface area (Å²) in [7, 11) is -3.62. The average Bonchev–Trinajstić information content (AvgIpc) is 3.24. The molecule has 0 radical (unpaired) electrons. The Bertz CT molecular complexity index is 971. The minimum atomic E-state index is -3.62. The number of benzene rings is 2. The highest BCUT2D eigenvalue weighted by Gasteiger charge is 2.28. The van der Waals surface area contributed by atoms with Gasteiger partial charge in [-0.05, 0) is 62.6 Å². The lowest BCUT2D eigenvalue weighted by Gasteiger charge is -2.18. The number of carbonyl (C=O) groups is 1. The Balaban J connectivity index is 1.78. The van der Waals surface area contributed by atoms with Gasteiger partial charge in [-0.1, -0.05) is 23.7 Å². The van der Waals surface area contributed by atoms with Crippen LogP contribution in [0, 0.1) is 0 Å². The molecular weight excluding hydrogens is 412 g/mol. The highest BCUT2D eigenvalue weighted by atomic mass is 35.5. The molecule has 156 valence electrons. The van der Waals surface area contributed by atoms with Crippen molar-refractivity contribution in [2.24, 2.45) is 0 Å². The van der Waals surface area contributed by atoms with Gasteiger partial charge in [0.25, 0.3) is 5.91 Å². The molecule has 1 atom stereocenters. The first-order valence-corrected chi connectivity index (χ1v) is 11.5. The summed E-state index contributed by atoms with van der Waals surface area (Å²) in [6, 6.07) is 11.4. The van der Waals surface area contributed by atoms with E-state index >= 15 is 0 Å². The summed E-state index contributed by atoms with van der Waals surface area (Å²) in [6.07, 6.45) is 1.69. The fourth-order valence-electron chi connectivity index (χ4n) is 3.29. The van der Waals surface area contributed by atoms with Crippen molar-refractivity contribution in [3.8, 4) is 5.75 Å². The third kappa shape index (κ3) is 4.91. The van der Waals surface area contributed by atoms with Crippen LogP contribution in [0.15, 0.2) is 47.4 Å². The normalized spacial score (nSPS) is 15.8. The number of nitrogens with zero attached hydrogens (tertiary/aromatic N) is 1. The molecule has 29 heavy (non-hydrogen) atoms. The lowest BCUT2D eigenvalue weighted by Crippen LogP contribution is -2.29. The minimum absolute atomic E-state index is 0.0858. The maximum atomic E-state index is 12.8. The van der Waals surface area contributed by atoms with Crippen molar-refractivity contribution >= 4 is 27.5 Å². The zero-order valence-corrected chi connectivity index (χ0v) is 18.1. The van der Waals surface area contributed by atoms with Crippen LogP contribution >= 0.6 is 11.6 Å². The van der Waals surface area contributed by atoms with Crippen LogP contribution in [0.3, 0.4) is 0 Å². The van der Waals surface area contributed by atoms with E-state index < -0.39 is 15.9 Å². The molecule has 1 saturated heterocycles. The van der Waals surface area contributed by atoms with E-state index in [-0.39, 0.29) is 21.5 Å². The highest BCUT2D eigenvalue weighted by molar-refractivity contribution is 7.89. The van der Waals surface area contributed by atoms with Crippen molar-refractivity contribution in [1.29, 1.82) is 0 Å². The van der Waals surface area contributed by atoms with Crippen LogP contribution in [-0.4, -0.2) is 38.3 Å². The van der Waals surface area contributed by atoms with Crippen LogP contribution in [-0.2, 0) is 10.0 Å². The van der Waals surface area contributed by atoms with E-state index in [9.17, 15) is 13.2 Å². The van der Waals surface area contributed by atoms with Crippen LogP contribution in [0.25, 0.3) is 0 Å². The Hall–Kier alpha value is -2.09. The Morgan fingerprint density at radius 3 is 2.45 bits per heavy atom. The molecule has 1 aliphatic heterocycles. The Kier molecular flexibility index (Phi) is 6.82. The molecule has 1 aliphatic rings. The lowest BCUT2D eigenvalue weighted by molar-refractivity contribution is 0.0940. The summed E-state index contributed by atoms with van der Waals surface area (Å²) < 4.78 is 32.5. The Morgan fingerprint density at radius 2 is 1.83 bits per heavy atom. The van der Waals surface area contributed by atoms with Gasteiger partial charge in [0.15, 0.2) is 0 Å². The first kappa shape index (κ1) is 21.6. The van der Waals surface area contributed by atoms with Gasteiger partial charge in [0, 0.05) is 13.1 Å². The summed E-state index contributed by atoms with van der Waals surface area (Å²) in [5.74, 6) is 0.340. The topological polar surface area (TPSA) is 75.7 Å². The van der Waals surface area contributed by atoms with Crippen molar-refractivity contribution in [3.63, 3.8) is 0 Å².